The quantitative estimate of drug-likeness (QED) is 0.815. The number of sulfonamides is 1. The van der Waals surface area contributed by atoms with Crippen LogP contribution in [0.2, 0.25) is 0 Å². The zero-order valence-corrected chi connectivity index (χ0v) is 16.8. The molecule has 1 saturated carbocycles. The minimum absolute atomic E-state index is 0.0121. The monoisotopic (exact) mass is 381 g/mol. The van der Waals surface area contributed by atoms with E-state index in [2.05, 4.69) is 31.0 Å². The van der Waals surface area contributed by atoms with Crippen molar-refractivity contribution in [2.24, 2.45) is 0 Å². The van der Waals surface area contributed by atoms with E-state index in [-0.39, 0.29) is 5.41 Å². The van der Waals surface area contributed by atoms with E-state index in [0.717, 1.165) is 10.7 Å². The van der Waals surface area contributed by atoms with Crippen LogP contribution in [0.4, 0.5) is 0 Å². The highest BCUT2D eigenvalue weighted by Gasteiger charge is 2.31. The van der Waals surface area contributed by atoms with Crippen molar-refractivity contribution >= 4 is 27.4 Å². The predicted octanol–water partition coefficient (Wildman–Crippen LogP) is 2.33. The number of piperazine rings is 1. The lowest BCUT2D eigenvalue weighted by Gasteiger charge is -2.35. The summed E-state index contributed by atoms with van der Waals surface area (Å²) in [7, 11) is -3.44. The molecule has 0 bridgehead atoms. The molecule has 2 aliphatic rings. The van der Waals surface area contributed by atoms with Gasteiger partial charge in [0.25, 0.3) is 0 Å². The topological polar surface area (TPSA) is 52.7 Å². The van der Waals surface area contributed by atoms with E-state index >= 15 is 0 Å². The van der Waals surface area contributed by atoms with Crippen LogP contribution in [0, 0.1) is 0 Å². The van der Waals surface area contributed by atoms with Crippen molar-refractivity contribution in [2.75, 3.05) is 26.2 Å². The Morgan fingerprint density at radius 1 is 1.08 bits per heavy atom. The molecule has 7 heteroatoms. The van der Waals surface area contributed by atoms with Gasteiger partial charge in [-0.05, 0) is 48.2 Å². The molecule has 1 aromatic rings. The van der Waals surface area contributed by atoms with Gasteiger partial charge in [0, 0.05) is 32.2 Å². The van der Waals surface area contributed by atoms with Crippen LogP contribution in [0.15, 0.2) is 29.2 Å². The van der Waals surface area contributed by atoms with Crippen LogP contribution in [-0.4, -0.2) is 55.0 Å². The molecule has 0 radical (unpaired) electrons. The predicted molar refractivity (Wildman–Crippen MR) is 104 cm³/mol. The van der Waals surface area contributed by atoms with Crippen LogP contribution in [0.25, 0.3) is 0 Å². The Hall–Kier alpha value is -1.18. The van der Waals surface area contributed by atoms with Gasteiger partial charge in [-0.1, -0.05) is 32.9 Å². The Morgan fingerprint density at radius 2 is 1.64 bits per heavy atom. The number of hydrogen-bond donors (Lipinski definition) is 1. The molecule has 1 saturated heterocycles. The van der Waals surface area contributed by atoms with Crippen molar-refractivity contribution in [3.63, 3.8) is 0 Å². The number of nitrogens with zero attached hydrogens (tertiary/aromatic N) is 2. The van der Waals surface area contributed by atoms with Crippen molar-refractivity contribution < 1.29 is 8.42 Å². The SMILES string of the molecule is CC(C)(C)c1ccc(S(=O)(=O)N2CCN(C(=S)NC3CC3)CC2)cc1. The zero-order chi connectivity index (χ0) is 18.2. The third kappa shape index (κ3) is 4.33. The third-order valence-corrected chi connectivity index (χ3v) is 7.08. The van der Waals surface area contributed by atoms with Crippen molar-refractivity contribution in [3.8, 4) is 0 Å². The first kappa shape index (κ1) is 18.6. The standard InChI is InChI=1S/C18H27N3O2S2/c1-18(2,3)14-4-8-16(9-5-14)25(22,23)21-12-10-20(11-13-21)17(24)19-15-6-7-15/h4-5,8-9,15H,6-7,10-13H2,1-3H3,(H,19,24). The van der Waals surface area contributed by atoms with Gasteiger partial charge in [0.2, 0.25) is 10.0 Å². The molecule has 1 aromatic carbocycles. The smallest absolute Gasteiger partial charge is 0.243 e. The molecule has 0 spiro atoms. The van der Waals surface area contributed by atoms with Gasteiger partial charge >= 0.3 is 0 Å². The van der Waals surface area contributed by atoms with Gasteiger partial charge in [0.05, 0.1) is 4.90 Å². The molecule has 138 valence electrons. The molecule has 0 atom stereocenters. The summed E-state index contributed by atoms with van der Waals surface area (Å²) in [6.07, 6.45) is 2.36. The summed E-state index contributed by atoms with van der Waals surface area (Å²) in [6, 6.07) is 7.80. The molecule has 5 nitrogen and oxygen atoms in total. The fourth-order valence-electron chi connectivity index (χ4n) is 2.90. The van der Waals surface area contributed by atoms with E-state index in [9.17, 15) is 8.42 Å². The van der Waals surface area contributed by atoms with Crippen LogP contribution < -0.4 is 5.32 Å². The Bertz CT molecular complexity index is 727. The van der Waals surface area contributed by atoms with Crippen molar-refractivity contribution in [2.45, 2.75) is 50.0 Å². The molecule has 1 heterocycles. The van der Waals surface area contributed by atoms with Gasteiger partial charge in [-0.3, -0.25) is 0 Å². The molecule has 1 aliphatic heterocycles. The second-order valence-corrected chi connectivity index (χ2v) is 10.2. The summed E-state index contributed by atoms with van der Waals surface area (Å²) in [5.41, 5.74) is 1.14. The number of nitrogens with one attached hydrogen (secondary N) is 1. The van der Waals surface area contributed by atoms with E-state index in [1.165, 1.54) is 12.8 Å². The second-order valence-electron chi connectivity index (χ2n) is 7.89. The van der Waals surface area contributed by atoms with Gasteiger partial charge in [0.1, 0.15) is 0 Å². The summed E-state index contributed by atoms with van der Waals surface area (Å²) < 4.78 is 27.3. The van der Waals surface area contributed by atoms with Gasteiger partial charge in [0.15, 0.2) is 5.11 Å². The van der Waals surface area contributed by atoms with Crippen LogP contribution in [-0.2, 0) is 15.4 Å². The number of rotatable bonds is 3. The van der Waals surface area contributed by atoms with Crippen molar-refractivity contribution in [1.29, 1.82) is 0 Å². The van der Waals surface area contributed by atoms with E-state index in [0.29, 0.717) is 37.1 Å². The molecular weight excluding hydrogens is 354 g/mol. The highest BCUT2D eigenvalue weighted by atomic mass is 32.2. The molecular formula is C18H27N3O2S2. The highest BCUT2D eigenvalue weighted by molar-refractivity contribution is 7.89. The molecule has 0 amide bonds. The van der Waals surface area contributed by atoms with E-state index < -0.39 is 10.0 Å². The molecule has 25 heavy (non-hydrogen) atoms. The molecule has 2 fully saturated rings. The van der Waals surface area contributed by atoms with Gasteiger partial charge in [-0.2, -0.15) is 4.31 Å². The fraction of sp³-hybridized carbons (Fsp3) is 0.611. The van der Waals surface area contributed by atoms with Crippen LogP contribution in [0.5, 0.6) is 0 Å². The first-order chi connectivity index (χ1) is 11.7. The lowest BCUT2D eigenvalue weighted by molar-refractivity contribution is 0.264. The van der Waals surface area contributed by atoms with Crippen LogP contribution >= 0.6 is 12.2 Å². The average Bonchev–Trinajstić information content (AvgIpc) is 3.38. The molecule has 0 aromatic heterocycles. The van der Waals surface area contributed by atoms with Gasteiger partial charge in [-0.25, -0.2) is 8.42 Å². The molecule has 1 N–H and O–H groups in total. The lowest BCUT2D eigenvalue weighted by atomic mass is 9.87. The van der Waals surface area contributed by atoms with Gasteiger partial charge < -0.3 is 10.2 Å². The minimum Gasteiger partial charge on any atom is -0.360 e. The first-order valence-corrected chi connectivity index (χ1v) is 10.7. The number of benzene rings is 1. The first-order valence-electron chi connectivity index (χ1n) is 8.84. The Kier molecular flexibility index (Phi) is 5.10. The van der Waals surface area contributed by atoms with Crippen molar-refractivity contribution in [1.82, 2.24) is 14.5 Å². The molecule has 3 rings (SSSR count). The Balaban J connectivity index is 1.64. The Morgan fingerprint density at radius 3 is 2.12 bits per heavy atom. The fourth-order valence-corrected chi connectivity index (χ4v) is 4.67. The molecule has 1 aliphatic carbocycles. The van der Waals surface area contributed by atoms with Gasteiger partial charge in [-0.15, -0.1) is 0 Å². The highest BCUT2D eigenvalue weighted by Crippen LogP contribution is 2.25. The van der Waals surface area contributed by atoms with Crippen LogP contribution in [0.1, 0.15) is 39.2 Å². The third-order valence-electron chi connectivity index (χ3n) is 4.79. The minimum atomic E-state index is -3.44. The van der Waals surface area contributed by atoms with Crippen molar-refractivity contribution in [3.05, 3.63) is 29.8 Å². The molecule has 0 unspecified atom stereocenters. The maximum absolute atomic E-state index is 12.9. The number of hydrogen-bond acceptors (Lipinski definition) is 3. The maximum Gasteiger partial charge on any atom is 0.243 e. The maximum atomic E-state index is 12.9. The van der Waals surface area contributed by atoms with Crippen LogP contribution in [0.3, 0.4) is 0 Å². The zero-order valence-electron chi connectivity index (χ0n) is 15.2. The van der Waals surface area contributed by atoms with E-state index in [1.807, 2.05) is 12.1 Å². The second kappa shape index (κ2) is 6.85. The van der Waals surface area contributed by atoms with E-state index in [1.54, 1.807) is 16.4 Å². The lowest BCUT2D eigenvalue weighted by Crippen LogP contribution is -2.53. The summed E-state index contributed by atoms with van der Waals surface area (Å²) in [5.74, 6) is 0. The normalized spacial score (nSPS) is 19.7. The summed E-state index contributed by atoms with van der Waals surface area (Å²) >= 11 is 5.41. The summed E-state index contributed by atoms with van der Waals surface area (Å²) in [6.45, 7) is 8.57. The summed E-state index contributed by atoms with van der Waals surface area (Å²) in [5, 5.41) is 4.08. The summed E-state index contributed by atoms with van der Waals surface area (Å²) in [4.78, 5) is 2.44. The Labute approximate surface area is 156 Å². The largest absolute Gasteiger partial charge is 0.360 e. The van der Waals surface area contributed by atoms with E-state index in [4.69, 9.17) is 12.2 Å². The number of thiocarbonyl (C=S) groups is 1. The average molecular weight is 382 g/mol.